The molecule has 1 heterocycles. The second-order valence-corrected chi connectivity index (χ2v) is 7.61. The van der Waals surface area contributed by atoms with Crippen molar-refractivity contribution in [2.75, 3.05) is 66.3 Å². The van der Waals surface area contributed by atoms with Gasteiger partial charge in [-0.1, -0.05) is 0 Å². The van der Waals surface area contributed by atoms with E-state index >= 15 is 0 Å². The number of ether oxygens (including phenoxy) is 1. The van der Waals surface area contributed by atoms with Gasteiger partial charge in [-0.25, -0.2) is 12.7 Å². The zero-order valence-electron chi connectivity index (χ0n) is 13.0. The summed E-state index contributed by atoms with van der Waals surface area (Å²) in [6, 6.07) is 0. The van der Waals surface area contributed by atoms with Crippen LogP contribution in [0.25, 0.3) is 0 Å². The molecule has 6 nitrogen and oxygen atoms in total. The lowest BCUT2D eigenvalue weighted by molar-refractivity contribution is 0.161. The molecule has 0 aromatic heterocycles. The molecule has 0 aromatic carbocycles. The largest absolute Gasteiger partial charge is 0.383 e. The Kier molecular flexibility index (Phi) is 7.98. The van der Waals surface area contributed by atoms with Gasteiger partial charge in [0.1, 0.15) is 0 Å². The molecule has 1 unspecified atom stereocenters. The summed E-state index contributed by atoms with van der Waals surface area (Å²) in [5, 5.41) is 3.43. The number of sulfonamides is 1. The third kappa shape index (κ3) is 6.99. The number of hydrogen-bond acceptors (Lipinski definition) is 5. The molecular weight excluding hydrogens is 278 g/mol. The molecular formula is C13H29N3O3S. The zero-order chi connectivity index (χ0) is 15.0. The summed E-state index contributed by atoms with van der Waals surface area (Å²) in [5.74, 6) is 0.433. The fraction of sp³-hybridized carbons (Fsp3) is 1.00. The lowest BCUT2D eigenvalue weighted by atomic mass is 10.00. The fourth-order valence-electron chi connectivity index (χ4n) is 2.43. The maximum absolute atomic E-state index is 11.5. The third-order valence-corrected chi connectivity index (χ3v) is 5.00. The summed E-state index contributed by atoms with van der Waals surface area (Å²) < 4.78 is 29.7. The molecule has 0 saturated carbocycles. The highest BCUT2D eigenvalue weighted by Gasteiger charge is 2.25. The molecule has 1 N–H and O–H groups in total. The van der Waals surface area contributed by atoms with E-state index < -0.39 is 10.0 Å². The topological polar surface area (TPSA) is 61.9 Å². The van der Waals surface area contributed by atoms with Crippen molar-refractivity contribution in [1.29, 1.82) is 0 Å². The van der Waals surface area contributed by atoms with E-state index in [-0.39, 0.29) is 0 Å². The van der Waals surface area contributed by atoms with Gasteiger partial charge >= 0.3 is 0 Å². The predicted octanol–water partition coefficient (Wildman–Crippen LogP) is -0.174. The van der Waals surface area contributed by atoms with Gasteiger partial charge in [0.25, 0.3) is 0 Å². The SMILES string of the molecule is COCCN(C)CCNCC1CCCN(S(C)(=O)=O)C1. The average Bonchev–Trinajstić information content (AvgIpc) is 2.41. The Bertz CT molecular complexity index is 362. The summed E-state index contributed by atoms with van der Waals surface area (Å²) in [7, 11) is 0.757. The van der Waals surface area contributed by atoms with Crippen LogP contribution in [-0.4, -0.2) is 83.9 Å². The molecule has 1 aliphatic heterocycles. The van der Waals surface area contributed by atoms with Crippen LogP contribution < -0.4 is 5.32 Å². The lowest BCUT2D eigenvalue weighted by Crippen LogP contribution is -2.43. The summed E-state index contributed by atoms with van der Waals surface area (Å²) in [4.78, 5) is 2.22. The van der Waals surface area contributed by atoms with Gasteiger partial charge in [-0.05, 0) is 32.4 Å². The zero-order valence-corrected chi connectivity index (χ0v) is 13.8. The van der Waals surface area contributed by atoms with Crippen molar-refractivity contribution < 1.29 is 13.2 Å². The maximum Gasteiger partial charge on any atom is 0.211 e. The first kappa shape index (κ1) is 17.8. The van der Waals surface area contributed by atoms with Crippen LogP contribution in [0.1, 0.15) is 12.8 Å². The molecule has 1 saturated heterocycles. The van der Waals surface area contributed by atoms with E-state index in [1.807, 2.05) is 0 Å². The number of nitrogens with one attached hydrogen (secondary N) is 1. The molecule has 0 aliphatic carbocycles. The smallest absolute Gasteiger partial charge is 0.211 e. The molecule has 1 fully saturated rings. The minimum Gasteiger partial charge on any atom is -0.383 e. The van der Waals surface area contributed by atoms with Crippen LogP contribution in [0.3, 0.4) is 0 Å². The van der Waals surface area contributed by atoms with Crippen molar-refractivity contribution in [3.8, 4) is 0 Å². The second kappa shape index (κ2) is 8.94. The minimum absolute atomic E-state index is 0.433. The van der Waals surface area contributed by atoms with E-state index in [9.17, 15) is 8.42 Å². The van der Waals surface area contributed by atoms with Crippen molar-refractivity contribution >= 4 is 10.0 Å². The normalized spacial score (nSPS) is 21.5. The molecule has 20 heavy (non-hydrogen) atoms. The number of nitrogens with zero attached hydrogens (tertiary/aromatic N) is 2. The molecule has 120 valence electrons. The van der Waals surface area contributed by atoms with E-state index in [4.69, 9.17) is 4.74 Å². The van der Waals surface area contributed by atoms with E-state index in [1.165, 1.54) is 6.26 Å². The molecule has 0 bridgehead atoms. The van der Waals surface area contributed by atoms with Crippen molar-refractivity contribution in [3.63, 3.8) is 0 Å². The molecule has 1 aliphatic rings. The highest BCUT2D eigenvalue weighted by atomic mass is 32.2. The van der Waals surface area contributed by atoms with Gasteiger partial charge in [-0.15, -0.1) is 0 Å². The fourth-order valence-corrected chi connectivity index (χ4v) is 3.37. The van der Waals surface area contributed by atoms with Gasteiger partial charge < -0.3 is 15.0 Å². The van der Waals surface area contributed by atoms with Gasteiger partial charge in [-0.2, -0.15) is 0 Å². The third-order valence-electron chi connectivity index (χ3n) is 3.73. The van der Waals surface area contributed by atoms with E-state index in [0.717, 1.165) is 45.6 Å². The van der Waals surface area contributed by atoms with E-state index in [2.05, 4.69) is 17.3 Å². The van der Waals surface area contributed by atoms with E-state index in [0.29, 0.717) is 19.0 Å². The summed E-state index contributed by atoms with van der Waals surface area (Å²) in [6.07, 6.45) is 3.37. The highest BCUT2D eigenvalue weighted by molar-refractivity contribution is 7.88. The standard InChI is InChI=1S/C13H29N3O3S/c1-15(9-10-19-2)8-6-14-11-13-5-4-7-16(12-13)20(3,17)18/h13-14H,4-12H2,1-3H3. The average molecular weight is 307 g/mol. The van der Waals surface area contributed by atoms with Gasteiger partial charge in [0, 0.05) is 39.8 Å². The highest BCUT2D eigenvalue weighted by Crippen LogP contribution is 2.17. The molecule has 0 radical (unpaired) electrons. The number of methoxy groups -OCH3 is 1. The van der Waals surface area contributed by atoms with Gasteiger partial charge in [0.2, 0.25) is 10.0 Å². The summed E-state index contributed by atoms with van der Waals surface area (Å²) in [6.45, 7) is 5.82. The lowest BCUT2D eigenvalue weighted by Gasteiger charge is -2.31. The molecule has 0 amide bonds. The van der Waals surface area contributed by atoms with Crippen LogP contribution in [0.2, 0.25) is 0 Å². The second-order valence-electron chi connectivity index (χ2n) is 5.63. The Morgan fingerprint density at radius 1 is 1.40 bits per heavy atom. The van der Waals surface area contributed by atoms with Crippen LogP contribution in [0, 0.1) is 5.92 Å². The van der Waals surface area contributed by atoms with Crippen LogP contribution in [0.4, 0.5) is 0 Å². The first-order chi connectivity index (χ1) is 9.43. The van der Waals surface area contributed by atoms with Crippen LogP contribution in [-0.2, 0) is 14.8 Å². The minimum atomic E-state index is -3.03. The van der Waals surface area contributed by atoms with Crippen molar-refractivity contribution in [2.45, 2.75) is 12.8 Å². The van der Waals surface area contributed by atoms with Gasteiger partial charge in [-0.3, -0.25) is 0 Å². The van der Waals surface area contributed by atoms with Crippen molar-refractivity contribution in [3.05, 3.63) is 0 Å². The van der Waals surface area contributed by atoms with E-state index in [1.54, 1.807) is 11.4 Å². The van der Waals surface area contributed by atoms with Crippen molar-refractivity contribution in [1.82, 2.24) is 14.5 Å². The van der Waals surface area contributed by atoms with Crippen LogP contribution in [0.5, 0.6) is 0 Å². The van der Waals surface area contributed by atoms with Crippen molar-refractivity contribution in [2.24, 2.45) is 5.92 Å². The number of rotatable bonds is 9. The number of hydrogen-bond donors (Lipinski definition) is 1. The molecule has 0 aromatic rings. The Morgan fingerprint density at radius 2 is 2.15 bits per heavy atom. The summed E-state index contributed by atoms with van der Waals surface area (Å²) >= 11 is 0. The quantitative estimate of drug-likeness (QED) is 0.599. The van der Waals surface area contributed by atoms with Crippen LogP contribution >= 0.6 is 0 Å². The first-order valence-electron chi connectivity index (χ1n) is 7.27. The van der Waals surface area contributed by atoms with Gasteiger partial charge in [0.05, 0.1) is 12.9 Å². The Hall–Kier alpha value is -0.210. The molecule has 1 atom stereocenters. The Balaban J connectivity index is 2.16. The monoisotopic (exact) mass is 307 g/mol. The Morgan fingerprint density at radius 3 is 2.80 bits per heavy atom. The van der Waals surface area contributed by atoms with Gasteiger partial charge in [0.15, 0.2) is 0 Å². The predicted molar refractivity (Wildman–Crippen MR) is 81.4 cm³/mol. The summed E-state index contributed by atoms with van der Waals surface area (Å²) in [5.41, 5.74) is 0. The molecule has 7 heteroatoms. The molecule has 0 spiro atoms. The maximum atomic E-state index is 11.5. The van der Waals surface area contributed by atoms with Crippen LogP contribution in [0.15, 0.2) is 0 Å². The first-order valence-corrected chi connectivity index (χ1v) is 9.11. The Labute approximate surface area is 123 Å². The number of likely N-dealkylation sites (N-methyl/N-ethyl adjacent to an activating group) is 1. The number of piperidine rings is 1. The molecule has 1 rings (SSSR count).